The van der Waals surface area contributed by atoms with E-state index in [4.69, 9.17) is 0 Å². The van der Waals surface area contributed by atoms with Crippen molar-refractivity contribution in [1.29, 1.82) is 0 Å². The number of nitrogens with zero attached hydrogens (tertiary/aromatic N) is 1. The predicted molar refractivity (Wildman–Crippen MR) is 83.9 cm³/mol. The lowest BCUT2D eigenvalue weighted by atomic mass is 9.94. The van der Waals surface area contributed by atoms with Crippen LogP contribution in [0.2, 0.25) is 0 Å². The number of carbonyl (C=O) groups excluding carboxylic acids is 3. The first kappa shape index (κ1) is 15.9. The Labute approximate surface area is 129 Å². The number of hydrogen-bond acceptors (Lipinski definition) is 4. The largest absolute Gasteiger partial charge is 0.356 e. The van der Waals surface area contributed by atoms with E-state index >= 15 is 0 Å². The number of ketones is 2. The van der Waals surface area contributed by atoms with E-state index < -0.39 is 0 Å². The van der Waals surface area contributed by atoms with E-state index in [0.29, 0.717) is 23.2 Å². The Bertz CT molecular complexity index is 734. The monoisotopic (exact) mass is 300 g/mol. The Morgan fingerprint density at radius 2 is 1.95 bits per heavy atom. The third-order valence-corrected chi connectivity index (χ3v) is 3.87. The maximum absolute atomic E-state index is 12.7. The highest BCUT2D eigenvalue weighted by Gasteiger charge is 2.33. The molecule has 1 aliphatic carbocycles. The van der Waals surface area contributed by atoms with Crippen molar-refractivity contribution in [1.82, 2.24) is 9.88 Å². The van der Waals surface area contributed by atoms with Crippen molar-refractivity contribution in [2.24, 2.45) is 7.05 Å². The van der Waals surface area contributed by atoms with Crippen molar-refractivity contribution in [2.75, 3.05) is 0 Å². The molecule has 0 aromatic carbocycles. The summed E-state index contributed by atoms with van der Waals surface area (Å²) < 4.78 is 1.82. The van der Waals surface area contributed by atoms with Gasteiger partial charge in [0.25, 0.3) is 0 Å². The fourth-order valence-electron chi connectivity index (χ4n) is 3.08. The zero-order valence-electron chi connectivity index (χ0n) is 13.5. The number of allylic oxidation sites excluding steroid dienone is 4. The fraction of sp³-hybridized carbons (Fsp3) is 0.353. The van der Waals surface area contributed by atoms with Crippen molar-refractivity contribution in [3.8, 4) is 0 Å². The van der Waals surface area contributed by atoms with E-state index in [2.05, 4.69) is 5.32 Å². The van der Waals surface area contributed by atoms with Crippen LogP contribution in [-0.2, 0) is 11.8 Å². The molecule has 1 aromatic rings. The van der Waals surface area contributed by atoms with Crippen molar-refractivity contribution in [3.05, 3.63) is 46.1 Å². The lowest BCUT2D eigenvalue weighted by molar-refractivity contribution is -0.104. The summed E-state index contributed by atoms with van der Waals surface area (Å²) in [7, 11) is 1.82. The second-order valence-electron chi connectivity index (χ2n) is 5.81. The minimum absolute atomic E-state index is 0.200. The molecule has 116 valence electrons. The minimum atomic E-state index is -0.215. The number of nitrogens with one attached hydrogen (secondary N) is 1. The number of fused-ring (bicyclic) bond motifs is 1. The van der Waals surface area contributed by atoms with Crippen LogP contribution in [0.25, 0.3) is 0 Å². The third kappa shape index (κ3) is 2.43. The average molecular weight is 300 g/mol. The molecule has 0 bridgehead atoms. The zero-order chi connectivity index (χ0) is 16.6. The summed E-state index contributed by atoms with van der Waals surface area (Å²) in [6.07, 6.45) is 3.25. The molecule has 0 amide bonds. The number of aromatic nitrogens is 1. The van der Waals surface area contributed by atoms with Gasteiger partial charge in [-0.15, -0.1) is 0 Å². The number of Topliss-reactive ketones (excluding diaryl/α,β-unsaturated/α-hetero) is 1. The van der Waals surface area contributed by atoms with Crippen LogP contribution in [0.1, 0.15) is 58.8 Å². The van der Waals surface area contributed by atoms with Crippen molar-refractivity contribution in [3.63, 3.8) is 0 Å². The third-order valence-electron chi connectivity index (χ3n) is 3.87. The molecular weight excluding hydrogens is 280 g/mol. The van der Waals surface area contributed by atoms with E-state index in [1.165, 1.54) is 12.2 Å². The molecule has 0 spiro atoms. The van der Waals surface area contributed by atoms with Gasteiger partial charge in [-0.2, -0.15) is 0 Å². The lowest BCUT2D eigenvalue weighted by Gasteiger charge is -2.15. The van der Waals surface area contributed by atoms with Crippen LogP contribution >= 0.6 is 0 Å². The minimum Gasteiger partial charge on any atom is -0.356 e. The molecule has 5 heteroatoms. The maximum atomic E-state index is 12.7. The first-order valence-electron chi connectivity index (χ1n) is 7.18. The number of hydrogen-bond donors (Lipinski definition) is 1. The first-order chi connectivity index (χ1) is 10.3. The van der Waals surface area contributed by atoms with Gasteiger partial charge in [-0.25, -0.2) is 0 Å². The molecule has 0 saturated heterocycles. The van der Waals surface area contributed by atoms with E-state index in [0.717, 1.165) is 11.3 Å². The van der Waals surface area contributed by atoms with Gasteiger partial charge >= 0.3 is 0 Å². The number of carbonyl (C=O) groups is 3. The highest BCUT2D eigenvalue weighted by molar-refractivity contribution is 6.24. The Morgan fingerprint density at radius 1 is 1.32 bits per heavy atom. The molecule has 0 saturated carbocycles. The maximum Gasteiger partial charge on any atom is 0.211 e. The standard InChI is InChI=1S/C17H20N2O3/c1-9(2)15-11(4)14-16(19(15)5)13(21)8-12(17(14)22)18-10(3)6-7-20/h6-9,18H,1-5H3/b10-6+. The van der Waals surface area contributed by atoms with Gasteiger partial charge in [-0.05, 0) is 31.4 Å². The molecule has 0 atom stereocenters. The van der Waals surface area contributed by atoms with Gasteiger partial charge in [0.2, 0.25) is 11.6 Å². The average Bonchev–Trinajstić information content (AvgIpc) is 2.68. The second-order valence-corrected chi connectivity index (χ2v) is 5.81. The van der Waals surface area contributed by atoms with Crippen LogP contribution in [0.4, 0.5) is 0 Å². The normalized spacial score (nSPS) is 15.0. The smallest absolute Gasteiger partial charge is 0.211 e. The number of aldehydes is 1. The quantitative estimate of drug-likeness (QED) is 0.685. The Kier molecular flexibility index (Phi) is 4.17. The number of rotatable bonds is 4. The topological polar surface area (TPSA) is 68.2 Å². The van der Waals surface area contributed by atoms with E-state index in [-0.39, 0.29) is 23.2 Å². The predicted octanol–water partition coefficient (Wildman–Crippen LogP) is 2.41. The molecule has 1 aromatic heterocycles. The van der Waals surface area contributed by atoms with Crippen molar-refractivity contribution < 1.29 is 14.4 Å². The van der Waals surface area contributed by atoms with Gasteiger partial charge in [0.1, 0.15) is 12.0 Å². The first-order valence-corrected chi connectivity index (χ1v) is 7.18. The molecule has 0 aliphatic heterocycles. The zero-order valence-corrected chi connectivity index (χ0v) is 13.5. The fourth-order valence-corrected chi connectivity index (χ4v) is 3.08. The molecule has 0 unspecified atom stereocenters. The van der Waals surface area contributed by atoms with Crippen molar-refractivity contribution in [2.45, 2.75) is 33.6 Å². The SMILES string of the molecule is C/C(=C\C=O)NC1=CC(=O)c2c(c(C)c(C(C)C)n2C)C1=O. The van der Waals surface area contributed by atoms with Crippen LogP contribution in [0.3, 0.4) is 0 Å². The van der Waals surface area contributed by atoms with Crippen LogP contribution < -0.4 is 5.32 Å². The summed E-state index contributed by atoms with van der Waals surface area (Å²) in [5.74, 6) is -0.203. The summed E-state index contributed by atoms with van der Waals surface area (Å²) in [5.41, 5.74) is 3.45. The van der Waals surface area contributed by atoms with Crippen LogP contribution in [-0.4, -0.2) is 22.4 Å². The van der Waals surface area contributed by atoms with Crippen molar-refractivity contribution >= 4 is 17.9 Å². The van der Waals surface area contributed by atoms with Crippen LogP contribution in [0.5, 0.6) is 0 Å². The Hall–Kier alpha value is -2.43. The molecule has 1 heterocycles. The molecule has 1 N–H and O–H groups in total. The molecule has 1 aliphatic rings. The Morgan fingerprint density at radius 3 is 2.50 bits per heavy atom. The van der Waals surface area contributed by atoms with Crippen LogP contribution in [0, 0.1) is 6.92 Å². The van der Waals surface area contributed by atoms with Gasteiger partial charge in [0.15, 0.2) is 0 Å². The lowest BCUT2D eigenvalue weighted by Crippen LogP contribution is -2.26. The van der Waals surface area contributed by atoms with Gasteiger partial charge in [-0.3, -0.25) is 14.4 Å². The van der Waals surface area contributed by atoms with Gasteiger partial charge in [-0.1, -0.05) is 13.8 Å². The summed E-state index contributed by atoms with van der Waals surface area (Å²) in [5, 5.41) is 2.84. The molecule has 0 radical (unpaired) electrons. The van der Waals surface area contributed by atoms with Gasteiger partial charge < -0.3 is 9.88 Å². The molecular formula is C17H20N2O3. The van der Waals surface area contributed by atoms with Gasteiger partial charge in [0.05, 0.1) is 11.3 Å². The van der Waals surface area contributed by atoms with E-state index in [1.54, 1.807) is 6.92 Å². The highest BCUT2D eigenvalue weighted by Crippen LogP contribution is 2.32. The summed E-state index contributed by atoms with van der Waals surface area (Å²) >= 11 is 0. The van der Waals surface area contributed by atoms with Gasteiger partial charge in [0, 0.05) is 24.5 Å². The summed E-state index contributed by atoms with van der Waals surface area (Å²) in [6.45, 7) is 7.61. The Balaban J connectivity index is 2.55. The summed E-state index contributed by atoms with van der Waals surface area (Å²) in [6, 6.07) is 0. The van der Waals surface area contributed by atoms with Crippen LogP contribution in [0.15, 0.2) is 23.5 Å². The molecule has 0 fully saturated rings. The van der Waals surface area contributed by atoms with E-state index in [1.807, 2.05) is 32.4 Å². The molecule has 2 rings (SSSR count). The highest BCUT2D eigenvalue weighted by atomic mass is 16.1. The molecule has 5 nitrogen and oxygen atoms in total. The van der Waals surface area contributed by atoms with E-state index in [9.17, 15) is 14.4 Å². The summed E-state index contributed by atoms with van der Waals surface area (Å²) in [4.78, 5) is 35.6. The molecule has 22 heavy (non-hydrogen) atoms. The second kappa shape index (κ2) is 5.75.